The van der Waals surface area contributed by atoms with Crippen LogP contribution < -0.4 is 20.3 Å². The first kappa shape index (κ1) is 19.6. The lowest BCUT2D eigenvalue weighted by atomic mass is 10.2. The zero-order valence-electron chi connectivity index (χ0n) is 14.5. The van der Waals surface area contributed by atoms with E-state index in [1.807, 2.05) is 13.8 Å². The van der Waals surface area contributed by atoms with Gasteiger partial charge >= 0.3 is 0 Å². The predicted molar refractivity (Wildman–Crippen MR) is 99.8 cm³/mol. The van der Waals surface area contributed by atoms with Crippen molar-refractivity contribution in [3.05, 3.63) is 52.4 Å². The summed E-state index contributed by atoms with van der Waals surface area (Å²) in [7, 11) is 1.49. The number of ether oxygens (including phenoxy) is 2. The minimum atomic E-state index is -0.502. The molecule has 1 aromatic carbocycles. The molecule has 0 saturated carbocycles. The van der Waals surface area contributed by atoms with E-state index in [-0.39, 0.29) is 6.10 Å². The van der Waals surface area contributed by atoms with Gasteiger partial charge in [-0.1, -0.05) is 0 Å². The summed E-state index contributed by atoms with van der Waals surface area (Å²) in [6, 6.07) is 8.16. The van der Waals surface area contributed by atoms with Crippen LogP contribution >= 0.6 is 15.9 Å². The summed E-state index contributed by atoms with van der Waals surface area (Å²) in [6.07, 6.45) is 2.70. The minimum absolute atomic E-state index is 0.0237. The van der Waals surface area contributed by atoms with Gasteiger partial charge in [-0.15, -0.1) is 0 Å². The smallest absolute Gasteiger partial charge is 0.269 e. The van der Waals surface area contributed by atoms with Crippen molar-refractivity contribution < 1.29 is 23.5 Å². The van der Waals surface area contributed by atoms with E-state index < -0.39 is 11.8 Å². The number of halogens is 1. The van der Waals surface area contributed by atoms with E-state index in [9.17, 15) is 9.59 Å². The molecule has 26 heavy (non-hydrogen) atoms. The van der Waals surface area contributed by atoms with Crippen LogP contribution in [0.3, 0.4) is 0 Å². The molecule has 1 heterocycles. The Balaban J connectivity index is 1.94. The molecular weight excluding hydrogens is 404 g/mol. The molecule has 0 aliphatic heterocycles. The van der Waals surface area contributed by atoms with Crippen LogP contribution in [0.1, 0.15) is 30.0 Å². The number of nitrogens with one attached hydrogen (secondary N) is 2. The van der Waals surface area contributed by atoms with Crippen molar-refractivity contribution in [2.75, 3.05) is 7.11 Å². The Labute approximate surface area is 159 Å². The number of hydrogen-bond donors (Lipinski definition) is 2. The summed E-state index contributed by atoms with van der Waals surface area (Å²) in [5.74, 6) is 0.486. The monoisotopic (exact) mass is 422 g/mol. The number of furan rings is 1. The number of rotatable bonds is 6. The van der Waals surface area contributed by atoms with Crippen LogP contribution in [0.2, 0.25) is 0 Å². The Bertz CT molecular complexity index is 814. The molecule has 2 rings (SSSR count). The number of amides is 2. The number of benzene rings is 1. The third-order valence-electron chi connectivity index (χ3n) is 3.08. The summed E-state index contributed by atoms with van der Waals surface area (Å²) in [4.78, 5) is 23.9. The van der Waals surface area contributed by atoms with Crippen LogP contribution in [0.15, 0.2) is 45.5 Å². The lowest BCUT2D eigenvalue weighted by molar-refractivity contribution is -0.117. The van der Waals surface area contributed by atoms with E-state index in [0.717, 1.165) is 0 Å². The van der Waals surface area contributed by atoms with Gasteiger partial charge in [-0.05, 0) is 66.2 Å². The summed E-state index contributed by atoms with van der Waals surface area (Å²) < 4.78 is 16.6. The van der Waals surface area contributed by atoms with Crippen molar-refractivity contribution in [1.82, 2.24) is 10.9 Å². The second kappa shape index (κ2) is 9.10. The van der Waals surface area contributed by atoms with Gasteiger partial charge < -0.3 is 13.9 Å². The SMILES string of the molecule is COc1cc(C(=O)NNC(=O)C=Cc2ccc(Br)o2)ccc1OC(C)C. The lowest BCUT2D eigenvalue weighted by Crippen LogP contribution is -2.40. The first-order chi connectivity index (χ1) is 12.4. The second-order valence-corrected chi connectivity index (χ2v) is 6.23. The Morgan fingerprint density at radius 1 is 1.15 bits per heavy atom. The average molecular weight is 423 g/mol. The first-order valence-electron chi connectivity index (χ1n) is 7.77. The second-order valence-electron chi connectivity index (χ2n) is 5.45. The van der Waals surface area contributed by atoms with Crippen LogP contribution in [-0.4, -0.2) is 25.0 Å². The summed E-state index contributed by atoms with van der Waals surface area (Å²) in [5.41, 5.74) is 4.93. The molecule has 7 nitrogen and oxygen atoms in total. The Morgan fingerprint density at radius 2 is 1.92 bits per heavy atom. The van der Waals surface area contributed by atoms with Gasteiger partial charge in [-0.3, -0.25) is 20.4 Å². The number of methoxy groups -OCH3 is 1. The summed E-state index contributed by atoms with van der Waals surface area (Å²) in [5, 5.41) is 0. The van der Waals surface area contributed by atoms with Crippen molar-refractivity contribution in [1.29, 1.82) is 0 Å². The molecule has 0 fully saturated rings. The molecule has 0 spiro atoms. The van der Waals surface area contributed by atoms with Gasteiger partial charge in [-0.2, -0.15) is 0 Å². The molecule has 8 heteroatoms. The van der Waals surface area contributed by atoms with Crippen molar-refractivity contribution >= 4 is 33.8 Å². The van der Waals surface area contributed by atoms with Crippen LogP contribution in [0, 0.1) is 0 Å². The predicted octanol–water partition coefficient (Wildman–Crippen LogP) is 3.31. The van der Waals surface area contributed by atoms with E-state index in [0.29, 0.717) is 27.5 Å². The molecular formula is C18H19BrN2O5. The first-order valence-corrected chi connectivity index (χ1v) is 8.56. The summed E-state index contributed by atoms with van der Waals surface area (Å²) >= 11 is 3.17. The largest absolute Gasteiger partial charge is 0.493 e. The van der Waals surface area contributed by atoms with Crippen molar-refractivity contribution in [3.63, 3.8) is 0 Å². The molecule has 0 unspecified atom stereocenters. The zero-order valence-corrected chi connectivity index (χ0v) is 16.1. The van der Waals surface area contributed by atoms with E-state index in [4.69, 9.17) is 13.9 Å². The van der Waals surface area contributed by atoms with Gasteiger partial charge in [0, 0.05) is 11.6 Å². The van der Waals surface area contributed by atoms with E-state index in [1.54, 1.807) is 24.3 Å². The highest BCUT2D eigenvalue weighted by Gasteiger charge is 2.12. The maximum Gasteiger partial charge on any atom is 0.269 e. The van der Waals surface area contributed by atoms with Crippen molar-refractivity contribution in [2.45, 2.75) is 20.0 Å². The highest BCUT2D eigenvalue weighted by molar-refractivity contribution is 9.10. The van der Waals surface area contributed by atoms with Gasteiger partial charge in [0.15, 0.2) is 16.2 Å². The number of carbonyl (C=O) groups excluding carboxylic acids is 2. The average Bonchev–Trinajstić information content (AvgIpc) is 3.03. The topological polar surface area (TPSA) is 89.8 Å². The van der Waals surface area contributed by atoms with Gasteiger partial charge in [0.05, 0.1) is 13.2 Å². The zero-order chi connectivity index (χ0) is 19.1. The molecule has 0 atom stereocenters. The van der Waals surface area contributed by atoms with Crippen LogP contribution in [0.25, 0.3) is 6.08 Å². The third-order valence-corrected chi connectivity index (χ3v) is 3.51. The number of hydrazine groups is 1. The fourth-order valence-electron chi connectivity index (χ4n) is 1.97. The Kier molecular flexibility index (Phi) is 6.85. The minimum Gasteiger partial charge on any atom is -0.493 e. The van der Waals surface area contributed by atoms with Gasteiger partial charge in [0.1, 0.15) is 5.76 Å². The quantitative estimate of drug-likeness (QED) is 0.550. The molecule has 1 aromatic heterocycles. The van der Waals surface area contributed by atoms with Gasteiger partial charge in [0.2, 0.25) is 0 Å². The van der Waals surface area contributed by atoms with Crippen molar-refractivity contribution in [2.24, 2.45) is 0 Å². The molecule has 0 saturated heterocycles. The van der Waals surface area contributed by atoms with Gasteiger partial charge in [-0.25, -0.2) is 0 Å². The number of carbonyl (C=O) groups is 2. The Hall–Kier alpha value is -2.74. The molecule has 0 aliphatic rings. The fourth-order valence-corrected chi connectivity index (χ4v) is 2.29. The molecule has 138 valence electrons. The van der Waals surface area contributed by atoms with E-state index in [1.165, 1.54) is 25.3 Å². The van der Waals surface area contributed by atoms with Crippen LogP contribution in [-0.2, 0) is 4.79 Å². The molecule has 0 radical (unpaired) electrons. The molecule has 0 aliphatic carbocycles. The van der Waals surface area contributed by atoms with Crippen LogP contribution in [0.4, 0.5) is 0 Å². The Morgan fingerprint density at radius 3 is 2.54 bits per heavy atom. The highest BCUT2D eigenvalue weighted by atomic mass is 79.9. The molecule has 2 N–H and O–H groups in total. The van der Waals surface area contributed by atoms with E-state index in [2.05, 4.69) is 26.8 Å². The number of hydrogen-bond acceptors (Lipinski definition) is 5. The molecule has 2 aromatic rings. The molecule has 0 bridgehead atoms. The maximum atomic E-state index is 12.2. The highest BCUT2D eigenvalue weighted by Crippen LogP contribution is 2.28. The van der Waals surface area contributed by atoms with Crippen molar-refractivity contribution in [3.8, 4) is 11.5 Å². The maximum absolute atomic E-state index is 12.2. The third kappa shape index (κ3) is 5.66. The summed E-state index contributed by atoms with van der Waals surface area (Å²) in [6.45, 7) is 3.79. The molecule has 2 amide bonds. The standard InChI is InChI=1S/C18H19BrN2O5/c1-11(2)25-14-7-4-12(10-15(14)24-3)18(23)21-20-17(22)9-6-13-5-8-16(19)26-13/h4-11H,1-3H3,(H,20,22)(H,21,23). The van der Waals surface area contributed by atoms with Crippen LogP contribution in [0.5, 0.6) is 11.5 Å². The lowest BCUT2D eigenvalue weighted by Gasteiger charge is -2.14. The van der Waals surface area contributed by atoms with Gasteiger partial charge in [0.25, 0.3) is 11.8 Å². The normalized spacial score (nSPS) is 10.8. The fraction of sp³-hybridized carbons (Fsp3) is 0.222. The van der Waals surface area contributed by atoms with E-state index >= 15 is 0 Å².